The molecule has 4 heteroatoms. The SMILES string of the molecule is COC[C@]12CN(C(=O)O)CC[C@@]1(c1ccc3ccccc3c1)C2. The predicted octanol–water partition coefficient (Wildman–Crippen LogP) is 3.50. The summed E-state index contributed by atoms with van der Waals surface area (Å²) in [6, 6.07) is 15.1. The highest BCUT2D eigenvalue weighted by Gasteiger charge is 2.70. The van der Waals surface area contributed by atoms with Gasteiger partial charge in [-0.3, -0.25) is 0 Å². The van der Waals surface area contributed by atoms with Crippen LogP contribution in [-0.4, -0.2) is 42.9 Å². The first-order chi connectivity index (χ1) is 11.1. The summed E-state index contributed by atoms with van der Waals surface area (Å²) in [4.78, 5) is 12.9. The highest BCUT2D eigenvalue weighted by atomic mass is 16.5. The molecule has 1 saturated heterocycles. The fourth-order valence-corrected chi connectivity index (χ4v) is 4.58. The highest BCUT2D eigenvalue weighted by molar-refractivity contribution is 5.83. The smallest absolute Gasteiger partial charge is 0.407 e. The summed E-state index contributed by atoms with van der Waals surface area (Å²) in [5.41, 5.74) is 1.33. The molecule has 4 rings (SSSR count). The molecule has 1 heterocycles. The second kappa shape index (κ2) is 4.96. The number of rotatable bonds is 3. The number of benzene rings is 2. The summed E-state index contributed by atoms with van der Waals surface area (Å²) >= 11 is 0. The minimum absolute atomic E-state index is 0.0684. The number of nitrogens with zero attached hydrogens (tertiary/aromatic N) is 1. The van der Waals surface area contributed by atoms with Crippen LogP contribution in [0, 0.1) is 5.41 Å². The number of likely N-dealkylation sites (tertiary alicyclic amines) is 1. The van der Waals surface area contributed by atoms with Gasteiger partial charge in [-0.1, -0.05) is 42.5 Å². The average Bonchev–Trinajstić information content (AvgIpc) is 3.23. The van der Waals surface area contributed by atoms with E-state index in [4.69, 9.17) is 4.74 Å². The number of carboxylic acid groups (broad SMARTS) is 1. The molecule has 0 unspecified atom stereocenters. The Labute approximate surface area is 135 Å². The largest absolute Gasteiger partial charge is 0.465 e. The molecule has 1 saturated carbocycles. The van der Waals surface area contributed by atoms with Gasteiger partial charge < -0.3 is 14.7 Å². The van der Waals surface area contributed by atoms with Crippen LogP contribution in [0.25, 0.3) is 10.8 Å². The van der Waals surface area contributed by atoms with Crippen molar-refractivity contribution in [1.29, 1.82) is 0 Å². The molecule has 0 spiro atoms. The van der Waals surface area contributed by atoms with E-state index in [2.05, 4.69) is 42.5 Å². The molecule has 2 aromatic rings. The Balaban J connectivity index is 1.73. The Hall–Kier alpha value is -2.07. The van der Waals surface area contributed by atoms with Crippen LogP contribution >= 0.6 is 0 Å². The standard InChI is InChI=1S/C19H21NO3/c1-23-13-18-11-19(18,8-9-20(12-18)17(21)22)16-7-6-14-4-2-3-5-15(14)10-16/h2-7,10H,8-9,11-13H2,1H3,(H,21,22)/t18-,19-/m0/s1. The van der Waals surface area contributed by atoms with Crippen molar-refractivity contribution in [3.63, 3.8) is 0 Å². The number of carbonyl (C=O) groups is 1. The fourth-order valence-electron chi connectivity index (χ4n) is 4.58. The summed E-state index contributed by atoms with van der Waals surface area (Å²) in [5, 5.41) is 11.8. The minimum atomic E-state index is -0.820. The lowest BCUT2D eigenvalue weighted by atomic mass is 9.80. The molecule has 2 aliphatic rings. The number of hydrogen-bond acceptors (Lipinski definition) is 2. The van der Waals surface area contributed by atoms with Crippen LogP contribution in [0.2, 0.25) is 0 Å². The summed E-state index contributed by atoms with van der Waals surface area (Å²) < 4.78 is 5.47. The normalized spacial score (nSPS) is 29.3. The number of fused-ring (bicyclic) bond motifs is 2. The molecule has 0 bridgehead atoms. The molecule has 2 atom stereocenters. The fraction of sp³-hybridized carbons (Fsp3) is 0.421. The molecule has 0 radical (unpaired) electrons. The van der Waals surface area contributed by atoms with Gasteiger partial charge in [-0.15, -0.1) is 0 Å². The van der Waals surface area contributed by atoms with Gasteiger partial charge in [0.1, 0.15) is 0 Å². The van der Waals surface area contributed by atoms with Crippen LogP contribution < -0.4 is 0 Å². The molecule has 23 heavy (non-hydrogen) atoms. The minimum Gasteiger partial charge on any atom is -0.465 e. The average molecular weight is 311 g/mol. The van der Waals surface area contributed by atoms with Crippen LogP contribution in [0.3, 0.4) is 0 Å². The van der Waals surface area contributed by atoms with E-state index in [0.717, 1.165) is 12.8 Å². The van der Waals surface area contributed by atoms with Gasteiger partial charge in [0.15, 0.2) is 0 Å². The molecule has 1 aliphatic carbocycles. The molecular weight excluding hydrogens is 290 g/mol. The Kier molecular flexibility index (Phi) is 3.13. The summed E-state index contributed by atoms with van der Waals surface area (Å²) in [6.45, 7) is 1.79. The molecule has 1 N–H and O–H groups in total. The third kappa shape index (κ3) is 2.05. The van der Waals surface area contributed by atoms with Crippen molar-refractivity contribution in [3.8, 4) is 0 Å². The predicted molar refractivity (Wildman–Crippen MR) is 88.8 cm³/mol. The lowest BCUT2D eigenvalue weighted by molar-refractivity contribution is 0.0648. The van der Waals surface area contributed by atoms with Gasteiger partial charge in [0, 0.05) is 31.0 Å². The molecule has 120 valence electrons. The van der Waals surface area contributed by atoms with Gasteiger partial charge in [0.05, 0.1) is 6.61 Å². The first-order valence-corrected chi connectivity index (χ1v) is 8.06. The lowest BCUT2D eigenvalue weighted by Gasteiger charge is -2.36. The van der Waals surface area contributed by atoms with E-state index >= 15 is 0 Å². The van der Waals surface area contributed by atoms with Crippen LogP contribution in [0.15, 0.2) is 42.5 Å². The van der Waals surface area contributed by atoms with E-state index in [1.165, 1.54) is 16.3 Å². The van der Waals surface area contributed by atoms with Crippen molar-refractivity contribution in [2.75, 3.05) is 26.8 Å². The van der Waals surface area contributed by atoms with E-state index in [-0.39, 0.29) is 10.8 Å². The lowest BCUT2D eigenvalue weighted by Crippen LogP contribution is -2.46. The van der Waals surface area contributed by atoms with Gasteiger partial charge in [-0.25, -0.2) is 4.79 Å². The van der Waals surface area contributed by atoms with Crippen molar-refractivity contribution in [3.05, 3.63) is 48.0 Å². The van der Waals surface area contributed by atoms with Gasteiger partial charge in [0.25, 0.3) is 0 Å². The van der Waals surface area contributed by atoms with Crippen molar-refractivity contribution < 1.29 is 14.6 Å². The Morgan fingerprint density at radius 2 is 2.04 bits per heavy atom. The first kappa shape index (κ1) is 14.5. The highest BCUT2D eigenvalue weighted by Crippen LogP contribution is 2.69. The van der Waals surface area contributed by atoms with Crippen molar-refractivity contribution in [2.24, 2.45) is 5.41 Å². The van der Waals surface area contributed by atoms with E-state index < -0.39 is 6.09 Å². The molecule has 2 aromatic carbocycles. The van der Waals surface area contributed by atoms with E-state index in [0.29, 0.717) is 19.7 Å². The monoisotopic (exact) mass is 311 g/mol. The topological polar surface area (TPSA) is 49.8 Å². The van der Waals surface area contributed by atoms with Crippen LogP contribution in [0.4, 0.5) is 4.79 Å². The van der Waals surface area contributed by atoms with Crippen LogP contribution in [-0.2, 0) is 10.2 Å². The van der Waals surface area contributed by atoms with E-state index in [1.54, 1.807) is 12.0 Å². The van der Waals surface area contributed by atoms with E-state index in [1.807, 2.05) is 0 Å². The van der Waals surface area contributed by atoms with Crippen molar-refractivity contribution >= 4 is 16.9 Å². The summed E-state index contributed by atoms with van der Waals surface area (Å²) in [5.74, 6) is 0. The molecule has 1 aliphatic heterocycles. The Morgan fingerprint density at radius 3 is 2.78 bits per heavy atom. The second-order valence-electron chi connectivity index (χ2n) is 6.99. The Morgan fingerprint density at radius 1 is 1.26 bits per heavy atom. The van der Waals surface area contributed by atoms with Crippen LogP contribution in [0.1, 0.15) is 18.4 Å². The maximum absolute atomic E-state index is 11.4. The number of piperidine rings is 1. The molecular formula is C19H21NO3. The van der Waals surface area contributed by atoms with Gasteiger partial charge in [-0.05, 0) is 29.2 Å². The number of amides is 1. The third-order valence-electron chi connectivity index (χ3n) is 5.83. The number of methoxy groups -OCH3 is 1. The first-order valence-electron chi connectivity index (χ1n) is 8.06. The molecule has 2 fully saturated rings. The molecule has 4 nitrogen and oxygen atoms in total. The van der Waals surface area contributed by atoms with Crippen LogP contribution in [0.5, 0.6) is 0 Å². The number of ether oxygens (including phenoxy) is 1. The quantitative estimate of drug-likeness (QED) is 0.944. The van der Waals surface area contributed by atoms with Gasteiger partial charge >= 0.3 is 6.09 Å². The Bertz CT molecular complexity index is 774. The zero-order valence-electron chi connectivity index (χ0n) is 13.3. The summed E-state index contributed by atoms with van der Waals surface area (Å²) in [6.07, 6.45) is 1.07. The molecule has 0 aromatic heterocycles. The summed E-state index contributed by atoms with van der Waals surface area (Å²) in [7, 11) is 1.71. The van der Waals surface area contributed by atoms with E-state index in [9.17, 15) is 9.90 Å². The zero-order valence-corrected chi connectivity index (χ0v) is 13.3. The molecule has 1 amide bonds. The van der Waals surface area contributed by atoms with Crippen molar-refractivity contribution in [2.45, 2.75) is 18.3 Å². The van der Waals surface area contributed by atoms with Crippen molar-refractivity contribution in [1.82, 2.24) is 4.90 Å². The second-order valence-corrected chi connectivity index (χ2v) is 6.99. The zero-order chi connectivity index (χ0) is 16.1. The maximum atomic E-state index is 11.4. The third-order valence-corrected chi connectivity index (χ3v) is 5.83. The number of hydrogen-bond donors (Lipinski definition) is 1. The maximum Gasteiger partial charge on any atom is 0.407 e. The van der Waals surface area contributed by atoms with Gasteiger partial charge in [-0.2, -0.15) is 0 Å². The van der Waals surface area contributed by atoms with Gasteiger partial charge in [0.2, 0.25) is 0 Å².